The minimum Gasteiger partial charge on any atom is -0.480 e. The Hall–Kier alpha value is -2.12. The van der Waals surface area contributed by atoms with Crippen molar-refractivity contribution in [2.45, 2.75) is 65.5 Å². The minimum atomic E-state index is -1.14. The highest BCUT2D eigenvalue weighted by Crippen LogP contribution is 2.46. The summed E-state index contributed by atoms with van der Waals surface area (Å²) < 4.78 is 0. The summed E-state index contributed by atoms with van der Waals surface area (Å²) in [5, 5.41) is 11.8. The lowest BCUT2D eigenvalue weighted by molar-refractivity contribution is -0.147. The molecule has 1 saturated carbocycles. The van der Waals surface area contributed by atoms with E-state index >= 15 is 0 Å². The summed E-state index contributed by atoms with van der Waals surface area (Å²) in [6.45, 7) is 8.69. The summed E-state index contributed by atoms with van der Waals surface area (Å²) in [5.74, 6) is -1.79. The number of carbonyl (C=O) groups excluding carboxylic acids is 3. The predicted octanol–water partition coefficient (Wildman–Crippen LogP) is 1.44. The molecular formula is C18H29N3O5. The normalized spacial score (nSPS) is 27.8. The molecule has 2 rings (SSSR count). The monoisotopic (exact) mass is 367 g/mol. The third kappa shape index (κ3) is 3.99. The van der Waals surface area contributed by atoms with Gasteiger partial charge in [-0.15, -0.1) is 0 Å². The first kappa shape index (κ1) is 20.2. The van der Waals surface area contributed by atoms with Crippen molar-refractivity contribution in [2.24, 2.45) is 11.3 Å². The molecule has 0 aromatic carbocycles. The highest BCUT2D eigenvalue weighted by Gasteiger charge is 2.56. The fraction of sp³-hybridized carbons (Fsp3) is 0.778. The summed E-state index contributed by atoms with van der Waals surface area (Å²) in [4.78, 5) is 51.1. The molecule has 4 amide bonds. The van der Waals surface area contributed by atoms with Crippen LogP contribution in [0.15, 0.2) is 0 Å². The van der Waals surface area contributed by atoms with Crippen LogP contribution in [0.3, 0.4) is 0 Å². The molecule has 26 heavy (non-hydrogen) atoms. The molecule has 2 atom stereocenters. The van der Waals surface area contributed by atoms with Crippen LogP contribution in [0.5, 0.6) is 0 Å². The fourth-order valence-electron chi connectivity index (χ4n) is 4.58. The molecule has 0 aromatic rings. The van der Waals surface area contributed by atoms with Gasteiger partial charge in [-0.1, -0.05) is 20.8 Å². The van der Waals surface area contributed by atoms with Crippen molar-refractivity contribution in [2.75, 3.05) is 13.1 Å². The molecule has 1 saturated heterocycles. The van der Waals surface area contributed by atoms with E-state index in [0.717, 1.165) is 16.2 Å². The number of carboxylic acids is 1. The van der Waals surface area contributed by atoms with E-state index in [4.69, 9.17) is 5.11 Å². The second kappa shape index (κ2) is 6.89. The molecule has 146 valence electrons. The van der Waals surface area contributed by atoms with Gasteiger partial charge in [-0.2, -0.15) is 0 Å². The Labute approximate surface area is 153 Å². The molecule has 0 radical (unpaired) electrons. The van der Waals surface area contributed by atoms with Crippen molar-refractivity contribution in [3.8, 4) is 0 Å². The van der Waals surface area contributed by atoms with Gasteiger partial charge in [-0.3, -0.25) is 19.3 Å². The van der Waals surface area contributed by atoms with Gasteiger partial charge >= 0.3 is 12.0 Å². The molecule has 0 aromatic heterocycles. The number of rotatable bonds is 5. The highest BCUT2D eigenvalue weighted by atomic mass is 16.4. The number of aliphatic carboxylic acids is 1. The van der Waals surface area contributed by atoms with Gasteiger partial charge < -0.3 is 15.3 Å². The minimum absolute atomic E-state index is 0.0894. The van der Waals surface area contributed by atoms with Crippen LogP contribution in [0.25, 0.3) is 0 Å². The van der Waals surface area contributed by atoms with Crippen molar-refractivity contribution in [3.63, 3.8) is 0 Å². The maximum Gasteiger partial charge on any atom is 0.325 e. The van der Waals surface area contributed by atoms with E-state index in [1.807, 2.05) is 0 Å². The molecular weight excluding hydrogens is 338 g/mol. The maximum atomic E-state index is 13.0. The number of nitrogens with one attached hydrogen (secondary N) is 1. The first-order chi connectivity index (χ1) is 11.9. The van der Waals surface area contributed by atoms with Gasteiger partial charge in [-0.25, -0.2) is 4.79 Å². The number of carboxylic acid groups (broad SMARTS) is 1. The van der Waals surface area contributed by atoms with Crippen molar-refractivity contribution in [3.05, 3.63) is 0 Å². The van der Waals surface area contributed by atoms with E-state index in [1.165, 1.54) is 0 Å². The van der Waals surface area contributed by atoms with E-state index in [0.29, 0.717) is 12.8 Å². The van der Waals surface area contributed by atoms with Crippen molar-refractivity contribution < 1.29 is 24.3 Å². The number of amides is 4. The third-order valence-electron chi connectivity index (χ3n) is 5.17. The Morgan fingerprint density at radius 3 is 2.42 bits per heavy atom. The Morgan fingerprint density at radius 2 is 1.92 bits per heavy atom. The largest absolute Gasteiger partial charge is 0.480 e. The Bertz CT molecular complexity index is 630. The van der Waals surface area contributed by atoms with E-state index in [1.54, 1.807) is 13.8 Å². The standard InChI is InChI=1S/C18H29N3O5/c1-11(2)20(9-14(23)24)13(22)8-21-15(25)18(19-16(21)26)7-12(3)6-17(4,5)10-18/h11-12H,6-10H2,1-5H3,(H,19,26)(H,23,24). The van der Waals surface area contributed by atoms with Gasteiger partial charge in [0, 0.05) is 6.04 Å². The predicted molar refractivity (Wildman–Crippen MR) is 94.3 cm³/mol. The number of carbonyl (C=O) groups is 4. The van der Waals surface area contributed by atoms with Crippen LogP contribution in [0, 0.1) is 11.3 Å². The maximum absolute atomic E-state index is 13.0. The van der Waals surface area contributed by atoms with Gasteiger partial charge in [-0.05, 0) is 44.4 Å². The molecule has 2 unspecified atom stereocenters. The number of nitrogens with zero attached hydrogens (tertiary/aromatic N) is 2. The van der Waals surface area contributed by atoms with Crippen LogP contribution < -0.4 is 5.32 Å². The third-order valence-corrected chi connectivity index (χ3v) is 5.17. The topological polar surface area (TPSA) is 107 Å². The average molecular weight is 367 g/mol. The summed E-state index contributed by atoms with van der Waals surface area (Å²) in [5.41, 5.74) is -1.05. The smallest absolute Gasteiger partial charge is 0.325 e. The Kier molecular flexibility index (Phi) is 5.35. The molecule has 2 N–H and O–H groups in total. The van der Waals surface area contributed by atoms with Crippen molar-refractivity contribution in [1.29, 1.82) is 0 Å². The molecule has 0 bridgehead atoms. The first-order valence-electron chi connectivity index (χ1n) is 9.02. The van der Waals surface area contributed by atoms with Crippen LogP contribution in [0.1, 0.15) is 53.9 Å². The van der Waals surface area contributed by atoms with Gasteiger partial charge in [0.25, 0.3) is 5.91 Å². The van der Waals surface area contributed by atoms with Gasteiger partial charge in [0.15, 0.2) is 0 Å². The first-order valence-corrected chi connectivity index (χ1v) is 9.02. The summed E-state index contributed by atoms with van der Waals surface area (Å²) >= 11 is 0. The van der Waals surface area contributed by atoms with Crippen LogP contribution in [0.2, 0.25) is 0 Å². The molecule has 1 spiro atoms. The molecule has 2 fully saturated rings. The zero-order valence-corrected chi connectivity index (χ0v) is 16.2. The van der Waals surface area contributed by atoms with Crippen molar-refractivity contribution >= 4 is 23.8 Å². The van der Waals surface area contributed by atoms with Crippen LogP contribution >= 0.6 is 0 Å². The summed E-state index contributed by atoms with van der Waals surface area (Å²) in [7, 11) is 0. The second-order valence-electron chi connectivity index (χ2n) is 8.77. The number of hydrogen-bond donors (Lipinski definition) is 2. The van der Waals surface area contributed by atoms with E-state index in [2.05, 4.69) is 26.1 Å². The fourth-order valence-corrected chi connectivity index (χ4v) is 4.58. The van der Waals surface area contributed by atoms with Gasteiger partial charge in [0.2, 0.25) is 5.91 Å². The zero-order valence-electron chi connectivity index (χ0n) is 16.2. The Balaban J connectivity index is 2.18. The van der Waals surface area contributed by atoms with Gasteiger partial charge in [0.1, 0.15) is 18.6 Å². The number of imide groups is 1. The van der Waals surface area contributed by atoms with E-state index in [9.17, 15) is 19.2 Å². The highest BCUT2D eigenvalue weighted by molar-refractivity contribution is 6.09. The molecule has 2 aliphatic rings. The van der Waals surface area contributed by atoms with Crippen LogP contribution in [-0.4, -0.2) is 63.4 Å². The lowest BCUT2D eigenvalue weighted by Gasteiger charge is -2.43. The lowest BCUT2D eigenvalue weighted by Crippen LogP contribution is -2.54. The zero-order chi connectivity index (χ0) is 19.9. The summed E-state index contributed by atoms with van der Waals surface area (Å²) in [6.07, 6.45) is 2.05. The molecule has 8 heteroatoms. The van der Waals surface area contributed by atoms with E-state index in [-0.39, 0.29) is 23.3 Å². The van der Waals surface area contributed by atoms with Crippen LogP contribution in [-0.2, 0) is 14.4 Å². The summed E-state index contributed by atoms with van der Waals surface area (Å²) in [6, 6.07) is -0.922. The van der Waals surface area contributed by atoms with Gasteiger partial charge in [0.05, 0.1) is 0 Å². The second-order valence-corrected chi connectivity index (χ2v) is 8.77. The quantitative estimate of drug-likeness (QED) is 0.715. The SMILES string of the molecule is CC1CC(C)(C)CC2(C1)NC(=O)N(CC(=O)N(CC(=O)O)C(C)C)C2=O. The number of urea groups is 1. The molecule has 1 aliphatic heterocycles. The molecule has 8 nitrogen and oxygen atoms in total. The van der Waals surface area contributed by atoms with E-state index < -0.39 is 36.5 Å². The van der Waals surface area contributed by atoms with Crippen molar-refractivity contribution in [1.82, 2.24) is 15.1 Å². The molecule has 1 aliphatic carbocycles. The lowest BCUT2D eigenvalue weighted by atomic mass is 9.64. The average Bonchev–Trinajstić information content (AvgIpc) is 2.65. The van der Waals surface area contributed by atoms with Crippen LogP contribution in [0.4, 0.5) is 4.79 Å². The molecule has 1 heterocycles. The Morgan fingerprint density at radius 1 is 1.31 bits per heavy atom. The number of hydrogen-bond acceptors (Lipinski definition) is 4.